The zero-order valence-corrected chi connectivity index (χ0v) is 20.5. The van der Waals surface area contributed by atoms with E-state index < -0.39 is 0 Å². The smallest absolute Gasteiger partial charge is 0.185 e. The number of ketones is 1. The number of allylic oxidation sites excluding steroid dienone is 1. The van der Waals surface area contributed by atoms with Crippen molar-refractivity contribution < 1.29 is 14.3 Å². The predicted octanol–water partition coefficient (Wildman–Crippen LogP) is 8.03. The molecule has 5 rings (SSSR count). The largest absolute Gasteiger partial charge is 0.496 e. The topological polar surface area (TPSA) is 47.6 Å². The van der Waals surface area contributed by atoms with Gasteiger partial charge in [-0.2, -0.15) is 0 Å². The summed E-state index contributed by atoms with van der Waals surface area (Å²) in [7, 11) is 1.63. The molecule has 0 unspecified atom stereocenters. The molecule has 0 saturated carbocycles. The highest BCUT2D eigenvalue weighted by Gasteiger charge is 2.16. The number of methoxy groups -OCH3 is 1. The van der Waals surface area contributed by atoms with Gasteiger partial charge in [-0.1, -0.05) is 47.6 Å². The molecule has 6 heteroatoms. The lowest BCUT2D eigenvalue weighted by Gasteiger charge is -2.20. The number of hydrogen-bond donors (Lipinski definition) is 1. The molecule has 1 heterocycles. The Morgan fingerprint density at radius 1 is 0.943 bits per heavy atom. The molecule has 1 aliphatic rings. The van der Waals surface area contributed by atoms with Gasteiger partial charge in [0.2, 0.25) is 0 Å². The predicted molar refractivity (Wildman–Crippen MR) is 142 cm³/mol. The number of nitrogens with one attached hydrogen (secondary N) is 1. The second kappa shape index (κ2) is 10.3. The van der Waals surface area contributed by atoms with Crippen LogP contribution in [0.4, 0.5) is 11.4 Å². The van der Waals surface area contributed by atoms with Gasteiger partial charge in [-0.25, -0.2) is 0 Å². The third-order valence-corrected chi connectivity index (χ3v) is 6.98. The normalized spacial score (nSPS) is 11.9. The molecule has 0 radical (unpaired) electrons. The molecule has 0 fully saturated rings. The lowest BCUT2D eigenvalue weighted by Crippen LogP contribution is -2.02. The van der Waals surface area contributed by atoms with Crippen LogP contribution in [-0.4, -0.2) is 12.9 Å². The number of hydrogen-bond acceptors (Lipinski definition) is 5. The molecule has 1 aliphatic heterocycles. The van der Waals surface area contributed by atoms with E-state index in [-0.39, 0.29) is 5.78 Å². The SMILES string of the molecule is COc1ccc(/C=C/C(=O)c2ccc3c(c2)Nc2ccccc2S3)cc1COc1ccc(Cl)cc1. The summed E-state index contributed by atoms with van der Waals surface area (Å²) in [5, 5.41) is 4.09. The van der Waals surface area contributed by atoms with Crippen molar-refractivity contribution in [2.24, 2.45) is 0 Å². The fraction of sp³-hybridized carbons (Fsp3) is 0.0690. The summed E-state index contributed by atoms with van der Waals surface area (Å²) in [6, 6.07) is 26.9. The van der Waals surface area contributed by atoms with E-state index in [1.807, 2.05) is 72.8 Å². The van der Waals surface area contributed by atoms with Crippen LogP contribution in [-0.2, 0) is 6.61 Å². The van der Waals surface area contributed by atoms with E-state index in [4.69, 9.17) is 21.1 Å². The van der Waals surface area contributed by atoms with E-state index >= 15 is 0 Å². The molecule has 0 aromatic heterocycles. The third kappa shape index (κ3) is 5.37. The summed E-state index contributed by atoms with van der Waals surface area (Å²) >= 11 is 7.64. The lowest BCUT2D eigenvalue weighted by molar-refractivity contribution is 0.104. The van der Waals surface area contributed by atoms with E-state index in [0.29, 0.717) is 17.2 Å². The molecule has 0 spiro atoms. The van der Waals surface area contributed by atoms with Crippen molar-refractivity contribution >= 4 is 46.6 Å². The highest BCUT2D eigenvalue weighted by atomic mass is 35.5. The van der Waals surface area contributed by atoms with Gasteiger partial charge in [-0.15, -0.1) is 0 Å². The summed E-state index contributed by atoms with van der Waals surface area (Å²) < 4.78 is 11.4. The van der Waals surface area contributed by atoms with Crippen LogP contribution in [0, 0.1) is 0 Å². The van der Waals surface area contributed by atoms with Gasteiger partial charge in [-0.3, -0.25) is 4.79 Å². The number of fused-ring (bicyclic) bond motifs is 2. The van der Waals surface area contributed by atoms with Gasteiger partial charge in [-0.05, 0) is 78.4 Å². The monoisotopic (exact) mass is 499 g/mol. The molecule has 0 aliphatic carbocycles. The number of carbonyl (C=O) groups excluding carboxylic acids is 1. The maximum atomic E-state index is 12.9. The van der Waals surface area contributed by atoms with Crippen molar-refractivity contribution in [3.8, 4) is 11.5 Å². The highest BCUT2D eigenvalue weighted by Crippen LogP contribution is 2.44. The van der Waals surface area contributed by atoms with Crippen LogP contribution in [0.3, 0.4) is 0 Å². The number of benzene rings is 4. The minimum atomic E-state index is -0.0618. The Labute approximate surface area is 213 Å². The Hall–Kier alpha value is -3.67. The van der Waals surface area contributed by atoms with Crippen LogP contribution in [0.1, 0.15) is 21.5 Å². The zero-order valence-electron chi connectivity index (χ0n) is 19.0. The van der Waals surface area contributed by atoms with E-state index in [2.05, 4.69) is 11.4 Å². The van der Waals surface area contributed by atoms with Gasteiger partial charge in [0.05, 0.1) is 18.5 Å². The lowest BCUT2D eigenvalue weighted by atomic mass is 10.1. The summed E-state index contributed by atoms with van der Waals surface area (Å²) in [6.45, 7) is 0.329. The Morgan fingerprint density at radius 2 is 1.74 bits per heavy atom. The van der Waals surface area contributed by atoms with E-state index in [0.717, 1.165) is 38.9 Å². The van der Waals surface area contributed by atoms with Crippen LogP contribution < -0.4 is 14.8 Å². The summed E-state index contributed by atoms with van der Waals surface area (Å²) in [5.74, 6) is 1.38. The fourth-order valence-electron chi connectivity index (χ4n) is 3.77. The quantitative estimate of drug-likeness (QED) is 0.181. The molecule has 4 aromatic carbocycles. The van der Waals surface area contributed by atoms with E-state index in [1.54, 1.807) is 37.1 Å². The Kier molecular flexibility index (Phi) is 6.80. The molecule has 4 nitrogen and oxygen atoms in total. The Balaban J connectivity index is 1.30. The molecule has 0 atom stereocenters. The van der Waals surface area contributed by atoms with E-state index in [9.17, 15) is 4.79 Å². The van der Waals surface area contributed by atoms with Crippen molar-refractivity contribution in [2.75, 3.05) is 12.4 Å². The first kappa shape index (κ1) is 23.1. The number of carbonyl (C=O) groups is 1. The van der Waals surface area contributed by atoms with Gasteiger partial charge in [0.25, 0.3) is 0 Å². The van der Waals surface area contributed by atoms with Crippen molar-refractivity contribution in [3.63, 3.8) is 0 Å². The Bertz CT molecular complexity index is 1420. The number of para-hydroxylation sites is 1. The number of anilines is 2. The number of halogens is 1. The standard InChI is InChI=1S/C29H22ClNO3S/c1-33-27-14-7-19(16-21(27)18-34-23-11-9-22(30)10-12-23)6-13-26(32)20-8-15-29-25(17-20)31-24-4-2-3-5-28(24)35-29/h2-17,31H,18H2,1H3/b13-6+. The second-order valence-corrected chi connectivity index (χ2v) is 9.47. The molecule has 0 saturated heterocycles. The Morgan fingerprint density at radius 3 is 2.57 bits per heavy atom. The van der Waals surface area contributed by atoms with Crippen LogP contribution in [0.15, 0.2) is 101 Å². The van der Waals surface area contributed by atoms with Gasteiger partial charge < -0.3 is 14.8 Å². The average molecular weight is 500 g/mol. The fourth-order valence-corrected chi connectivity index (χ4v) is 4.86. The summed E-state index contributed by atoms with van der Waals surface area (Å²) in [6.07, 6.45) is 3.40. The van der Waals surface area contributed by atoms with Crippen LogP contribution in [0.2, 0.25) is 5.02 Å². The van der Waals surface area contributed by atoms with Crippen LogP contribution in [0.25, 0.3) is 6.08 Å². The average Bonchev–Trinajstić information content (AvgIpc) is 2.90. The highest BCUT2D eigenvalue weighted by molar-refractivity contribution is 7.99. The number of ether oxygens (including phenoxy) is 2. The first-order chi connectivity index (χ1) is 17.1. The molecule has 0 amide bonds. The molecular weight excluding hydrogens is 478 g/mol. The maximum absolute atomic E-state index is 12.9. The van der Waals surface area contributed by atoms with Crippen LogP contribution >= 0.6 is 23.4 Å². The van der Waals surface area contributed by atoms with Crippen molar-refractivity contribution in [3.05, 3.63) is 113 Å². The minimum absolute atomic E-state index is 0.0618. The van der Waals surface area contributed by atoms with Crippen molar-refractivity contribution in [2.45, 2.75) is 16.4 Å². The first-order valence-electron chi connectivity index (χ1n) is 11.0. The molecular formula is C29H22ClNO3S. The molecule has 174 valence electrons. The van der Waals surface area contributed by atoms with E-state index in [1.165, 1.54) is 4.90 Å². The van der Waals surface area contributed by atoms with Crippen LogP contribution in [0.5, 0.6) is 11.5 Å². The van der Waals surface area contributed by atoms with Crippen molar-refractivity contribution in [1.82, 2.24) is 0 Å². The number of rotatable bonds is 7. The second-order valence-electron chi connectivity index (χ2n) is 7.95. The molecule has 1 N–H and O–H groups in total. The van der Waals surface area contributed by atoms with Gasteiger partial charge in [0.15, 0.2) is 5.78 Å². The van der Waals surface area contributed by atoms with Gasteiger partial charge in [0.1, 0.15) is 18.1 Å². The minimum Gasteiger partial charge on any atom is -0.496 e. The zero-order chi connectivity index (χ0) is 24.2. The van der Waals surface area contributed by atoms with Gasteiger partial charge >= 0.3 is 0 Å². The van der Waals surface area contributed by atoms with Crippen molar-refractivity contribution in [1.29, 1.82) is 0 Å². The first-order valence-corrected chi connectivity index (χ1v) is 12.2. The maximum Gasteiger partial charge on any atom is 0.185 e. The summed E-state index contributed by atoms with van der Waals surface area (Å²) in [4.78, 5) is 15.2. The molecule has 35 heavy (non-hydrogen) atoms. The van der Waals surface area contributed by atoms with Gasteiger partial charge in [0, 0.05) is 25.9 Å². The third-order valence-electron chi connectivity index (χ3n) is 5.58. The summed E-state index contributed by atoms with van der Waals surface area (Å²) in [5.41, 5.74) is 4.39. The molecule has 0 bridgehead atoms. The molecule has 4 aromatic rings.